The van der Waals surface area contributed by atoms with Gasteiger partial charge < -0.3 is 5.32 Å². The molecule has 1 heterocycles. The summed E-state index contributed by atoms with van der Waals surface area (Å²) in [6.45, 7) is 0.574. The molecule has 7 nitrogen and oxygen atoms in total. The van der Waals surface area contributed by atoms with Crippen molar-refractivity contribution in [2.24, 2.45) is 5.84 Å². The number of carbonyl (C=O) groups excluding carboxylic acids is 2. The second-order valence-corrected chi connectivity index (χ2v) is 3.21. The first kappa shape index (κ1) is 12.2. The highest BCUT2D eigenvalue weighted by Gasteiger charge is 2.06. The Kier molecular flexibility index (Phi) is 4.46. The van der Waals surface area contributed by atoms with Gasteiger partial charge in [-0.25, -0.2) is 5.84 Å². The molecule has 0 atom stereocenters. The van der Waals surface area contributed by atoms with Crippen LogP contribution in [0.1, 0.15) is 23.3 Å². The lowest BCUT2D eigenvalue weighted by atomic mass is 10.3. The lowest BCUT2D eigenvalue weighted by Gasteiger charge is -2.00. The van der Waals surface area contributed by atoms with Crippen molar-refractivity contribution in [1.82, 2.24) is 20.5 Å². The molecule has 0 aromatic carbocycles. The van der Waals surface area contributed by atoms with Gasteiger partial charge >= 0.3 is 0 Å². The molecule has 0 saturated heterocycles. The first-order chi connectivity index (χ1) is 7.67. The normalized spacial score (nSPS) is 9.88. The van der Waals surface area contributed by atoms with Crippen LogP contribution in [-0.4, -0.2) is 28.6 Å². The van der Waals surface area contributed by atoms with Gasteiger partial charge in [-0.2, -0.15) is 5.10 Å². The van der Waals surface area contributed by atoms with E-state index < -0.39 is 0 Å². The SMILES string of the molecule is CNC(=O)c1ccn(CCCC(=O)NN)n1. The van der Waals surface area contributed by atoms with Gasteiger partial charge in [-0.15, -0.1) is 0 Å². The molecule has 2 amide bonds. The highest BCUT2D eigenvalue weighted by Crippen LogP contribution is 1.98. The Morgan fingerprint density at radius 1 is 1.56 bits per heavy atom. The molecule has 0 bridgehead atoms. The molecule has 0 aliphatic heterocycles. The maximum atomic E-state index is 11.2. The van der Waals surface area contributed by atoms with E-state index in [1.54, 1.807) is 24.0 Å². The zero-order valence-electron chi connectivity index (χ0n) is 9.06. The highest BCUT2D eigenvalue weighted by atomic mass is 16.2. The van der Waals surface area contributed by atoms with Gasteiger partial charge in [0, 0.05) is 26.2 Å². The Hall–Kier alpha value is -1.89. The number of hydrazine groups is 1. The van der Waals surface area contributed by atoms with Crippen molar-refractivity contribution >= 4 is 11.8 Å². The summed E-state index contributed by atoms with van der Waals surface area (Å²) in [5.74, 6) is 4.51. The summed E-state index contributed by atoms with van der Waals surface area (Å²) < 4.78 is 1.62. The van der Waals surface area contributed by atoms with E-state index >= 15 is 0 Å². The van der Waals surface area contributed by atoms with Crippen LogP contribution in [0.25, 0.3) is 0 Å². The summed E-state index contributed by atoms with van der Waals surface area (Å²) in [7, 11) is 1.55. The molecule has 0 radical (unpaired) electrons. The quantitative estimate of drug-likeness (QED) is 0.340. The highest BCUT2D eigenvalue weighted by molar-refractivity contribution is 5.91. The van der Waals surface area contributed by atoms with E-state index in [0.29, 0.717) is 25.1 Å². The number of nitrogens with two attached hydrogens (primary N) is 1. The van der Waals surface area contributed by atoms with Gasteiger partial charge in [0.05, 0.1) is 0 Å². The van der Waals surface area contributed by atoms with Crippen molar-refractivity contribution in [3.8, 4) is 0 Å². The van der Waals surface area contributed by atoms with E-state index in [2.05, 4.69) is 15.8 Å². The predicted molar refractivity (Wildman–Crippen MR) is 57.2 cm³/mol. The Morgan fingerprint density at radius 2 is 2.31 bits per heavy atom. The van der Waals surface area contributed by atoms with Crippen molar-refractivity contribution < 1.29 is 9.59 Å². The summed E-state index contributed by atoms with van der Waals surface area (Å²) >= 11 is 0. The van der Waals surface area contributed by atoms with Crippen LogP contribution in [0.2, 0.25) is 0 Å². The fraction of sp³-hybridized carbons (Fsp3) is 0.444. The van der Waals surface area contributed by atoms with Gasteiger partial charge in [-0.3, -0.25) is 19.7 Å². The Bertz CT molecular complexity index is 374. The number of aromatic nitrogens is 2. The minimum atomic E-state index is -0.224. The fourth-order valence-electron chi connectivity index (χ4n) is 1.21. The Balaban J connectivity index is 2.41. The molecule has 0 aliphatic carbocycles. The molecule has 0 fully saturated rings. The molecule has 1 rings (SSSR count). The summed E-state index contributed by atoms with van der Waals surface area (Å²) in [6, 6.07) is 1.63. The van der Waals surface area contributed by atoms with E-state index in [-0.39, 0.29) is 11.8 Å². The van der Waals surface area contributed by atoms with Crippen molar-refractivity contribution in [3.05, 3.63) is 18.0 Å². The third kappa shape index (κ3) is 3.35. The lowest BCUT2D eigenvalue weighted by molar-refractivity contribution is -0.121. The zero-order chi connectivity index (χ0) is 12.0. The minimum Gasteiger partial charge on any atom is -0.354 e. The van der Waals surface area contributed by atoms with Crippen LogP contribution in [0.4, 0.5) is 0 Å². The number of nitrogens with one attached hydrogen (secondary N) is 2. The molecule has 7 heteroatoms. The van der Waals surface area contributed by atoms with Crippen molar-refractivity contribution in [2.45, 2.75) is 19.4 Å². The van der Waals surface area contributed by atoms with Gasteiger partial charge in [-0.05, 0) is 12.5 Å². The minimum absolute atomic E-state index is 0.210. The molecule has 0 unspecified atom stereocenters. The number of rotatable bonds is 5. The predicted octanol–water partition coefficient (Wildman–Crippen LogP) is -0.987. The van der Waals surface area contributed by atoms with Gasteiger partial charge in [0.15, 0.2) is 0 Å². The summed E-state index contributed by atoms with van der Waals surface area (Å²) in [4.78, 5) is 22.0. The number of hydrogen-bond acceptors (Lipinski definition) is 4. The van der Waals surface area contributed by atoms with E-state index in [9.17, 15) is 9.59 Å². The molecule has 0 spiro atoms. The third-order valence-corrected chi connectivity index (χ3v) is 2.05. The molecule has 1 aromatic heterocycles. The van der Waals surface area contributed by atoms with Crippen molar-refractivity contribution in [3.63, 3.8) is 0 Å². The molecule has 88 valence electrons. The topological polar surface area (TPSA) is 102 Å². The molecular formula is C9H15N5O2. The van der Waals surface area contributed by atoms with E-state index in [1.165, 1.54) is 0 Å². The van der Waals surface area contributed by atoms with Crippen LogP contribution in [0.15, 0.2) is 12.3 Å². The first-order valence-electron chi connectivity index (χ1n) is 4.92. The molecular weight excluding hydrogens is 210 g/mol. The van der Waals surface area contributed by atoms with Crippen LogP contribution in [0, 0.1) is 0 Å². The lowest BCUT2D eigenvalue weighted by Crippen LogP contribution is -2.29. The van der Waals surface area contributed by atoms with Crippen LogP contribution < -0.4 is 16.6 Å². The van der Waals surface area contributed by atoms with Crippen molar-refractivity contribution in [2.75, 3.05) is 7.05 Å². The van der Waals surface area contributed by atoms with Gasteiger partial charge in [0.25, 0.3) is 5.91 Å². The number of amides is 2. The molecule has 0 saturated carbocycles. The van der Waals surface area contributed by atoms with E-state index in [4.69, 9.17) is 5.84 Å². The molecule has 16 heavy (non-hydrogen) atoms. The number of nitrogens with zero attached hydrogens (tertiary/aromatic N) is 2. The average molecular weight is 225 g/mol. The van der Waals surface area contributed by atoms with Gasteiger partial charge in [0.2, 0.25) is 5.91 Å². The van der Waals surface area contributed by atoms with Gasteiger partial charge in [0.1, 0.15) is 5.69 Å². The maximum Gasteiger partial charge on any atom is 0.271 e. The van der Waals surface area contributed by atoms with Crippen LogP contribution in [-0.2, 0) is 11.3 Å². The third-order valence-electron chi connectivity index (χ3n) is 2.05. The monoisotopic (exact) mass is 225 g/mol. The second-order valence-electron chi connectivity index (χ2n) is 3.21. The Labute approximate surface area is 93.0 Å². The zero-order valence-corrected chi connectivity index (χ0v) is 9.06. The molecule has 0 aliphatic rings. The molecule has 1 aromatic rings. The smallest absolute Gasteiger partial charge is 0.271 e. The standard InChI is InChI=1S/C9H15N5O2/c1-11-9(16)7-4-6-14(13-7)5-2-3-8(15)12-10/h4,6H,2-3,5,10H2,1H3,(H,11,16)(H,12,15). The average Bonchev–Trinajstić information content (AvgIpc) is 2.76. The van der Waals surface area contributed by atoms with Gasteiger partial charge in [-0.1, -0.05) is 0 Å². The maximum absolute atomic E-state index is 11.2. The first-order valence-corrected chi connectivity index (χ1v) is 4.92. The van der Waals surface area contributed by atoms with Crippen LogP contribution in [0.3, 0.4) is 0 Å². The number of hydrogen-bond donors (Lipinski definition) is 3. The van der Waals surface area contributed by atoms with Crippen LogP contribution in [0.5, 0.6) is 0 Å². The summed E-state index contributed by atoms with van der Waals surface area (Å²) in [6.07, 6.45) is 2.66. The molecule has 4 N–H and O–H groups in total. The van der Waals surface area contributed by atoms with E-state index in [0.717, 1.165) is 0 Å². The van der Waals surface area contributed by atoms with E-state index in [1.807, 2.05) is 0 Å². The Morgan fingerprint density at radius 3 is 2.94 bits per heavy atom. The number of carbonyl (C=O) groups is 2. The second kappa shape index (κ2) is 5.86. The fourth-order valence-corrected chi connectivity index (χ4v) is 1.21. The van der Waals surface area contributed by atoms with Crippen molar-refractivity contribution in [1.29, 1.82) is 0 Å². The summed E-state index contributed by atoms with van der Waals surface area (Å²) in [5.41, 5.74) is 2.42. The summed E-state index contributed by atoms with van der Waals surface area (Å²) in [5, 5.41) is 6.53. The largest absolute Gasteiger partial charge is 0.354 e. The van der Waals surface area contributed by atoms with Crippen LogP contribution >= 0.6 is 0 Å². The number of aryl methyl sites for hydroxylation is 1.